The third-order valence-electron chi connectivity index (χ3n) is 2.71. The average Bonchev–Trinajstić information content (AvgIpc) is 2.54. The summed E-state index contributed by atoms with van der Waals surface area (Å²) in [6.07, 6.45) is -1.91. The molecule has 0 spiro atoms. The van der Waals surface area contributed by atoms with Gasteiger partial charge < -0.3 is 18.9 Å². The Bertz CT molecular complexity index is 681. The highest BCUT2D eigenvalue weighted by atomic mass is 35.5. The average molecular weight is 345 g/mol. The smallest absolute Gasteiger partial charge is 0.437 e. The van der Waals surface area contributed by atoms with Crippen molar-refractivity contribution in [1.82, 2.24) is 0 Å². The van der Waals surface area contributed by atoms with E-state index in [0.29, 0.717) is 10.8 Å². The molecule has 116 valence electrons. The zero-order valence-corrected chi connectivity index (χ0v) is 13.0. The van der Waals surface area contributed by atoms with Crippen LogP contribution in [0.25, 0.3) is 10.8 Å². The van der Waals surface area contributed by atoms with Gasteiger partial charge in [0.1, 0.15) is 10.0 Å². The van der Waals surface area contributed by atoms with Gasteiger partial charge in [0.2, 0.25) is 0 Å². The third kappa shape index (κ3) is 3.03. The summed E-state index contributed by atoms with van der Waals surface area (Å²) in [5.41, 5.74) is 0. The lowest BCUT2D eigenvalue weighted by atomic mass is 10.1. The second-order valence-corrected chi connectivity index (χ2v) is 4.70. The summed E-state index contributed by atoms with van der Waals surface area (Å²) >= 11 is 12.2. The van der Waals surface area contributed by atoms with Crippen LogP contribution in [0.15, 0.2) is 24.3 Å². The molecule has 0 aliphatic heterocycles. The van der Waals surface area contributed by atoms with Gasteiger partial charge in [0.15, 0.2) is 11.5 Å². The number of rotatable bonds is 2. The van der Waals surface area contributed by atoms with E-state index >= 15 is 0 Å². The maximum atomic E-state index is 11.3. The second kappa shape index (κ2) is 6.72. The van der Waals surface area contributed by atoms with Crippen LogP contribution in [0.3, 0.4) is 0 Å². The van der Waals surface area contributed by atoms with E-state index in [0.717, 1.165) is 14.2 Å². The molecule has 0 N–H and O–H groups in total. The van der Waals surface area contributed by atoms with Crippen molar-refractivity contribution in [1.29, 1.82) is 0 Å². The molecule has 6 nitrogen and oxygen atoms in total. The summed E-state index contributed by atoms with van der Waals surface area (Å²) in [5, 5.41) is 0.650. The van der Waals surface area contributed by atoms with Gasteiger partial charge in [-0.1, -0.05) is 47.5 Å². The number of carbonyl (C=O) groups is 2. The summed E-state index contributed by atoms with van der Waals surface area (Å²) < 4.78 is 18.9. The van der Waals surface area contributed by atoms with Crippen LogP contribution < -0.4 is 9.47 Å². The van der Waals surface area contributed by atoms with Gasteiger partial charge in [-0.25, -0.2) is 9.59 Å². The molecule has 2 aromatic carbocycles. The highest BCUT2D eigenvalue weighted by Crippen LogP contribution is 2.46. The Morgan fingerprint density at radius 1 is 0.818 bits per heavy atom. The van der Waals surface area contributed by atoms with E-state index in [1.54, 1.807) is 24.3 Å². The molecule has 0 amide bonds. The first kappa shape index (κ1) is 16.2. The van der Waals surface area contributed by atoms with Crippen LogP contribution in [-0.4, -0.2) is 26.5 Å². The van der Waals surface area contributed by atoms with Gasteiger partial charge in [0.25, 0.3) is 0 Å². The van der Waals surface area contributed by atoms with Crippen LogP contribution in [-0.2, 0) is 9.47 Å². The van der Waals surface area contributed by atoms with Gasteiger partial charge in [-0.05, 0) is 0 Å². The maximum absolute atomic E-state index is 11.3. The Kier molecular flexibility index (Phi) is 4.95. The third-order valence-corrected chi connectivity index (χ3v) is 3.53. The first-order chi connectivity index (χ1) is 10.5. The highest BCUT2D eigenvalue weighted by Gasteiger charge is 2.23. The van der Waals surface area contributed by atoms with Gasteiger partial charge in [-0.3, -0.25) is 0 Å². The fraction of sp³-hybridized carbons (Fsp3) is 0.143. The Labute approximate surface area is 135 Å². The van der Waals surface area contributed by atoms with Crippen LogP contribution in [0, 0.1) is 0 Å². The lowest BCUT2D eigenvalue weighted by molar-refractivity contribution is 0.120. The number of hydrogen-bond acceptors (Lipinski definition) is 6. The molecule has 0 bridgehead atoms. The molecular formula is C14H10Cl2O6. The SMILES string of the molecule is COC(=O)Oc1c(Cl)c(Cl)c(OC(=O)OC)c2ccccc12. The van der Waals surface area contributed by atoms with Gasteiger partial charge in [0.05, 0.1) is 14.2 Å². The first-order valence-electron chi connectivity index (χ1n) is 5.90. The van der Waals surface area contributed by atoms with Gasteiger partial charge >= 0.3 is 12.3 Å². The lowest BCUT2D eigenvalue weighted by Crippen LogP contribution is -2.10. The van der Waals surface area contributed by atoms with Crippen molar-refractivity contribution in [3.05, 3.63) is 34.3 Å². The molecule has 0 unspecified atom stereocenters. The predicted molar refractivity (Wildman–Crippen MR) is 80.0 cm³/mol. The number of hydrogen-bond donors (Lipinski definition) is 0. The number of methoxy groups -OCH3 is 2. The van der Waals surface area contributed by atoms with Crippen molar-refractivity contribution in [2.45, 2.75) is 0 Å². The van der Waals surface area contributed by atoms with Gasteiger partial charge in [-0.15, -0.1) is 0 Å². The second-order valence-electron chi connectivity index (χ2n) is 3.94. The standard InChI is InChI=1S/C14H10Cl2O6/c1-19-13(17)21-11-7-5-3-4-6-8(7)12(10(16)9(11)15)22-14(18)20-2/h3-6H,1-2H3. The zero-order chi connectivity index (χ0) is 16.3. The van der Waals surface area contributed by atoms with Crippen molar-refractivity contribution in [3.63, 3.8) is 0 Å². The Hall–Kier alpha value is -2.18. The van der Waals surface area contributed by atoms with E-state index in [-0.39, 0.29) is 21.5 Å². The zero-order valence-electron chi connectivity index (χ0n) is 11.5. The van der Waals surface area contributed by atoms with Crippen LogP contribution >= 0.6 is 23.2 Å². The van der Waals surface area contributed by atoms with Crippen molar-refractivity contribution in [2.75, 3.05) is 14.2 Å². The molecule has 0 aliphatic rings. The maximum Gasteiger partial charge on any atom is 0.513 e. The Morgan fingerprint density at radius 2 is 1.18 bits per heavy atom. The molecule has 2 aromatic rings. The van der Waals surface area contributed by atoms with Crippen molar-refractivity contribution < 1.29 is 28.5 Å². The van der Waals surface area contributed by atoms with Crippen LogP contribution in [0.2, 0.25) is 10.0 Å². The highest BCUT2D eigenvalue weighted by molar-refractivity contribution is 6.45. The topological polar surface area (TPSA) is 71.1 Å². The molecule has 0 heterocycles. The molecule has 8 heteroatoms. The van der Waals surface area contributed by atoms with Crippen LogP contribution in [0.1, 0.15) is 0 Å². The molecule has 0 atom stereocenters. The predicted octanol–water partition coefficient (Wildman–Crippen LogP) is 4.44. The van der Waals surface area contributed by atoms with E-state index in [1.807, 2.05) is 0 Å². The molecule has 2 rings (SSSR count). The van der Waals surface area contributed by atoms with E-state index < -0.39 is 12.3 Å². The summed E-state index contributed by atoms with van der Waals surface area (Å²) in [7, 11) is 2.32. The normalized spacial score (nSPS) is 10.2. The molecular weight excluding hydrogens is 335 g/mol. The largest absolute Gasteiger partial charge is 0.513 e. The van der Waals surface area contributed by atoms with E-state index in [1.165, 1.54) is 0 Å². The van der Waals surface area contributed by atoms with Crippen molar-refractivity contribution in [3.8, 4) is 11.5 Å². The quantitative estimate of drug-likeness (QED) is 0.592. The summed E-state index contributed by atoms with van der Waals surface area (Å²) in [5.74, 6) is 0.0117. The van der Waals surface area contributed by atoms with Crippen molar-refractivity contribution >= 4 is 46.3 Å². The molecule has 0 aromatic heterocycles. The minimum Gasteiger partial charge on any atom is -0.437 e. The minimum atomic E-state index is -0.954. The summed E-state index contributed by atoms with van der Waals surface area (Å²) in [6, 6.07) is 6.64. The number of fused-ring (bicyclic) bond motifs is 1. The number of ether oxygens (including phenoxy) is 4. The van der Waals surface area contributed by atoms with E-state index in [4.69, 9.17) is 32.7 Å². The Balaban J connectivity index is 2.69. The molecule has 0 fully saturated rings. The number of carbonyl (C=O) groups excluding carboxylic acids is 2. The minimum absolute atomic E-state index is 0.00586. The lowest BCUT2D eigenvalue weighted by Gasteiger charge is -2.14. The molecule has 0 saturated carbocycles. The number of benzene rings is 2. The molecule has 0 aliphatic carbocycles. The molecule has 22 heavy (non-hydrogen) atoms. The monoisotopic (exact) mass is 344 g/mol. The first-order valence-corrected chi connectivity index (χ1v) is 6.66. The molecule has 0 saturated heterocycles. The Morgan fingerprint density at radius 3 is 1.50 bits per heavy atom. The fourth-order valence-corrected chi connectivity index (χ4v) is 2.22. The summed E-state index contributed by atoms with van der Waals surface area (Å²) in [6.45, 7) is 0. The van der Waals surface area contributed by atoms with Crippen molar-refractivity contribution in [2.24, 2.45) is 0 Å². The van der Waals surface area contributed by atoms with Gasteiger partial charge in [0, 0.05) is 10.8 Å². The van der Waals surface area contributed by atoms with Crippen LogP contribution in [0.4, 0.5) is 9.59 Å². The van der Waals surface area contributed by atoms with E-state index in [9.17, 15) is 9.59 Å². The summed E-state index contributed by atoms with van der Waals surface area (Å²) in [4.78, 5) is 22.7. The van der Waals surface area contributed by atoms with E-state index in [2.05, 4.69) is 9.47 Å². The van der Waals surface area contributed by atoms with Crippen LogP contribution in [0.5, 0.6) is 11.5 Å². The van der Waals surface area contributed by atoms with Gasteiger partial charge in [-0.2, -0.15) is 0 Å². The fourth-order valence-electron chi connectivity index (χ4n) is 1.76. The number of halogens is 2. The molecule has 0 radical (unpaired) electrons.